The minimum Gasteiger partial charge on any atom is -0.417 e. The molecule has 1 saturated heterocycles. The van der Waals surface area contributed by atoms with Gasteiger partial charge < -0.3 is 4.42 Å². The van der Waals surface area contributed by atoms with Crippen LogP contribution in [0.4, 0.5) is 17.6 Å². The van der Waals surface area contributed by atoms with Crippen LogP contribution >= 0.6 is 0 Å². The molecule has 0 radical (unpaired) electrons. The molecular formula is C15H15F4N3O3S. The minimum atomic E-state index is -4.75. The number of alkyl halides is 3. The van der Waals surface area contributed by atoms with Crippen molar-refractivity contribution >= 4 is 10.0 Å². The van der Waals surface area contributed by atoms with Gasteiger partial charge in [0, 0.05) is 13.1 Å². The third kappa shape index (κ3) is 4.21. The van der Waals surface area contributed by atoms with Gasteiger partial charge in [-0.05, 0) is 30.5 Å². The Morgan fingerprint density at radius 1 is 1.27 bits per heavy atom. The third-order valence-electron chi connectivity index (χ3n) is 4.05. The fourth-order valence-corrected chi connectivity index (χ4v) is 4.44. The Hall–Kier alpha value is -2.01. The maximum atomic E-state index is 13.2. The molecule has 3 rings (SSSR count). The molecule has 1 atom stereocenters. The largest absolute Gasteiger partial charge is 0.470 e. The zero-order chi connectivity index (χ0) is 18.9. The Bertz CT molecular complexity index is 882. The van der Waals surface area contributed by atoms with Gasteiger partial charge in [-0.25, -0.2) is 17.1 Å². The van der Waals surface area contributed by atoms with Crippen LogP contribution < -0.4 is 0 Å². The molecule has 1 aromatic carbocycles. The van der Waals surface area contributed by atoms with E-state index < -0.39 is 39.6 Å². The number of piperidine rings is 1. The molecular weight excluding hydrogens is 378 g/mol. The highest BCUT2D eigenvalue weighted by Crippen LogP contribution is 2.32. The number of sulfonamides is 1. The summed E-state index contributed by atoms with van der Waals surface area (Å²) in [4.78, 5) is 0. The molecule has 0 unspecified atom stereocenters. The molecule has 6 nitrogen and oxygen atoms in total. The first-order valence-corrected chi connectivity index (χ1v) is 9.39. The number of rotatable bonds is 4. The topological polar surface area (TPSA) is 76.3 Å². The number of hydrogen-bond acceptors (Lipinski definition) is 5. The predicted molar refractivity (Wildman–Crippen MR) is 81.9 cm³/mol. The van der Waals surface area contributed by atoms with Crippen molar-refractivity contribution in [3.63, 3.8) is 0 Å². The van der Waals surface area contributed by atoms with E-state index in [0.29, 0.717) is 18.4 Å². The van der Waals surface area contributed by atoms with Crippen LogP contribution in [-0.2, 0) is 22.0 Å². The molecule has 0 aliphatic carbocycles. The summed E-state index contributed by atoms with van der Waals surface area (Å²) in [6.07, 6.45) is -3.87. The SMILES string of the molecule is O=S(=O)(Cc1cccc(F)c1)N1CCC[C@@H](c2nnc(C(F)(F)F)o2)C1. The van der Waals surface area contributed by atoms with Gasteiger partial charge in [0.05, 0.1) is 11.7 Å². The van der Waals surface area contributed by atoms with Crippen LogP contribution in [0.2, 0.25) is 0 Å². The lowest BCUT2D eigenvalue weighted by molar-refractivity contribution is -0.157. The molecule has 0 spiro atoms. The average Bonchev–Trinajstić information content (AvgIpc) is 3.05. The van der Waals surface area contributed by atoms with E-state index in [9.17, 15) is 26.0 Å². The van der Waals surface area contributed by atoms with Crippen molar-refractivity contribution in [3.8, 4) is 0 Å². The van der Waals surface area contributed by atoms with Crippen molar-refractivity contribution in [3.05, 3.63) is 47.4 Å². The fourth-order valence-electron chi connectivity index (χ4n) is 2.84. The summed E-state index contributed by atoms with van der Waals surface area (Å²) in [6.45, 7) is 0.172. The van der Waals surface area contributed by atoms with E-state index in [1.165, 1.54) is 22.5 Å². The Balaban J connectivity index is 1.74. The van der Waals surface area contributed by atoms with Crippen LogP contribution in [0.1, 0.15) is 36.1 Å². The molecule has 0 N–H and O–H groups in total. The molecule has 2 heterocycles. The fraction of sp³-hybridized carbons (Fsp3) is 0.467. The molecule has 1 aromatic heterocycles. The molecule has 0 saturated carbocycles. The van der Waals surface area contributed by atoms with E-state index in [-0.39, 0.29) is 19.0 Å². The summed E-state index contributed by atoms with van der Waals surface area (Å²) in [5, 5.41) is 6.39. The van der Waals surface area contributed by atoms with Crippen molar-refractivity contribution in [2.24, 2.45) is 0 Å². The number of nitrogens with zero attached hydrogens (tertiary/aromatic N) is 3. The Kier molecular flexibility index (Phi) is 5.02. The molecule has 0 amide bonds. The van der Waals surface area contributed by atoms with Gasteiger partial charge in [-0.2, -0.15) is 13.2 Å². The van der Waals surface area contributed by atoms with E-state index in [0.717, 1.165) is 6.07 Å². The van der Waals surface area contributed by atoms with Crippen LogP contribution in [-0.4, -0.2) is 36.0 Å². The standard InChI is InChI=1S/C15H15F4N3O3S/c16-12-5-1-3-10(7-12)9-26(23,24)22-6-2-4-11(8-22)13-20-21-14(25-13)15(17,18)19/h1,3,5,7,11H,2,4,6,8-9H2/t11-/m1/s1. The van der Waals surface area contributed by atoms with Crippen LogP contribution in [0.5, 0.6) is 0 Å². The first-order valence-electron chi connectivity index (χ1n) is 7.78. The van der Waals surface area contributed by atoms with Crippen LogP contribution in [0.25, 0.3) is 0 Å². The van der Waals surface area contributed by atoms with Crippen molar-refractivity contribution in [2.75, 3.05) is 13.1 Å². The summed E-state index contributed by atoms with van der Waals surface area (Å²) in [5.74, 6) is -3.24. The zero-order valence-electron chi connectivity index (χ0n) is 13.4. The number of aromatic nitrogens is 2. The average molecular weight is 393 g/mol. The smallest absolute Gasteiger partial charge is 0.417 e. The summed E-state index contributed by atoms with van der Waals surface area (Å²) in [6, 6.07) is 5.25. The van der Waals surface area contributed by atoms with Gasteiger partial charge in [-0.1, -0.05) is 12.1 Å². The van der Waals surface area contributed by atoms with E-state index >= 15 is 0 Å². The molecule has 11 heteroatoms. The van der Waals surface area contributed by atoms with Gasteiger partial charge in [-0.3, -0.25) is 0 Å². The highest BCUT2D eigenvalue weighted by molar-refractivity contribution is 7.88. The highest BCUT2D eigenvalue weighted by Gasteiger charge is 2.40. The Morgan fingerprint density at radius 2 is 2.04 bits per heavy atom. The molecule has 1 aliphatic rings. The lowest BCUT2D eigenvalue weighted by Gasteiger charge is -2.30. The zero-order valence-corrected chi connectivity index (χ0v) is 14.2. The van der Waals surface area contributed by atoms with Gasteiger partial charge in [0.2, 0.25) is 15.9 Å². The second-order valence-electron chi connectivity index (χ2n) is 6.03. The Labute approximate surface area is 146 Å². The van der Waals surface area contributed by atoms with Crippen molar-refractivity contribution in [1.82, 2.24) is 14.5 Å². The first-order chi connectivity index (χ1) is 12.1. The van der Waals surface area contributed by atoms with Crippen LogP contribution in [0.15, 0.2) is 28.7 Å². The number of hydrogen-bond donors (Lipinski definition) is 0. The molecule has 0 bridgehead atoms. The monoisotopic (exact) mass is 393 g/mol. The minimum absolute atomic E-state index is 0.0584. The maximum Gasteiger partial charge on any atom is 0.470 e. The van der Waals surface area contributed by atoms with Gasteiger partial charge in [0.15, 0.2) is 0 Å². The van der Waals surface area contributed by atoms with Crippen LogP contribution in [0.3, 0.4) is 0 Å². The molecule has 1 fully saturated rings. The lowest BCUT2D eigenvalue weighted by Crippen LogP contribution is -2.39. The molecule has 1 aliphatic heterocycles. The second-order valence-corrected chi connectivity index (χ2v) is 8.00. The van der Waals surface area contributed by atoms with Gasteiger partial charge in [-0.15, -0.1) is 10.2 Å². The second kappa shape index (κ2) is 6.95. The normalized spacial score (nSPS) is 19.6. The van der Waals surface area contributed by atoms with Crippen LogP contribution in [0, 0.1) is 5.82 Å². The van der Waals surface area contributed by atoms with E-state index in [1.54, 1.807) is 0 Å². The van der Waals surface area contributed by atoms with Gasteiger partial charge in [0.1, 0.15) is 5.82 Å². The summed E-state index contributed by atoms with van der Waals surface area (Å²) >= 11 is 0. The molecule has 2 aromatic rings. The highest BCUT2D eigenvalue weighted by atomic mass is 32.2. The summed E-state index contributed by atoms with van der Waals surface area (Å²) in [5.41, 5.74) is 0.296. The van der Waals surface area contributed by atoms with Crippen molar-refractivity contribution in [2.45, 2.75) is 30.7 Å². The van der Waals surface area contributed by atoms with E-state index in [1.807, 2.05) is 0 Å². The third-order valence-corrected chi connectivity index (χ3v) is 5.86. The van der Waals surface area contributed by atoms with Crippen molar-refractivity contribution < 1.29 is 30.4 Å². The molecule has 26 heavy (non-hydrogen) atoms. The number of benzene rings is 1. The van der Waals surface area contributed by atoms with Gasteiger partial charge >= 0.3 is 12.1 Å². The summed E-state index contributed by atoms with van der Waals surface area (Å²) in [7, 11) is -3.76. The van der Waals surface area contributed by atoms with Crippen molar-refractivity contribution in [1.29, 1.82) is 0 Å². The Morgan fingerprint density at radius 3 is 2.69 bits per heavy atom. The molecule has 142 valence electrons. The lowest BCUT2D eigenvalue weighted by atomic mass is 10.00. The predicted octanol–water partition coefficient (Wildman–Crippen LogP) is 2.94. The maximum absolute atomic E-state index is 13.2. The summed E-state index contributed by atoms with van der Waals surface area (Å²) < 4.78 is 81.9. The van der Waals surface area contributed by atoms with E-state index in [2.05, 4.69) is 14.6 Å². The quantitative estimate of drug-likeness (QED) is 0.747. The number of halogens is 4. The first kappa shape index (κ1) is 18.8. The van der Waals surface area contributed by atoms with E-state index in [4.69, 9.17) is 0 Å². The van der Waals surface area contributed by atoms with Gasteiger partial charge in [0.25, 0.3) is 0 Å².